The number of hydrogen-bond donors (Lipinski definition) is 0. The van der Waals surface area contributed by atoms with Crippen molar-refractivity contribution in [2.75, 3.05) is 0 Å². The Hall–Kier alpha value is -1.59. The third kappa shape index (κ3) is 6.29. The highest BCUT2D eigenvalue weighted by Gasteiger charge is 2.50. The van der Waals surface area contributed by atoms with Crippen LogP contribution in [0.2, 0.25) is 0 Å². The Morgan fingerprint density at radius 1 is 0.962 bits per heavy atom. The Morgan fingerprint density at radius 3 is 2.08 bits per heavy atom. The largest absolute Gasteiger partial charge is 0.462 e. The Kier molecular flexibility index (Phi) is 9.09. The molecule has 26 heavy (non-hydrogen) atoms. The zero-order valence-corrected chi connectivity index (χ0v) is 16.8. The van der Waals surface area contributed by atoms with Gasteiger partial charge in [0.1, 0.15) is 17.8 Å². The molecule has 0 aliphatic heterocycles. The predicted molar refractivity (Wildman–Crippen MR) is 97.4 cm³/mol. The first-order valence-corrected chi connectivity index (χ1v) is 9.90. The van der Waals surface area contributed by atoms with E-state index in [2.05, 4.69) is 13.8 Å². The third-order valence-corrected chi connectivity index (χ3v) is 5.10. The van der Waals surface area contributed by atoms with Crippen molar-refractivity contribution < 1.29 is 28.6 Å². The lowest BCUT2D eigenvalue weighted by atomic mass is 9.74. The van der Waals surface area contributed by atoms with Crippen LogP contribution in [0.15, 0.2) is 0 Å². The second kappa shape index (κ2) is 10.5. The molecular formula is C20H34O6. The molecule has 150 valence electrons. The molecule has 1 aliphatic carbocycles. The fourth-order valence-electron chi connectivity index (χ4n) is 3.34. The Balaban J connectivity index is 3.09. The fourth-order valence-corrected chi connectivity index (χ4v) is 3.34. The van der Waals surface area contributed by atoms with Gasteiger partial charge in [0.05, 0.1) is 0 Å². The van der Waals surface area contributed by atoms with E-state index >= 15 is 0 Å². The van der Waals surface area contributed by atoms with Gasteiger partial charge in [-0.2, -0.15) is 0 Å². The topological polar surface area (TPSA) is 78.9 Å². The molecule has 6 heteroatoms. The maximum atomic E-state index is 12.1. The summed E-state index contributed by atoms with van der Waals surface area (Å²) in [5.74, 6) is -0.582. The van der Waals surface area contributed by atoms with Crippen molar-refractivity contribution in [3.8, 4) is 0 Å². The number of rotatable bonds is 9. The van der Waals surface area contributed by atoms with E-state index in [1.165, 1.54) is 0 Å². The van der Waals surface area contributed by atoms with E-state index in [-0.39, 0.29) is 36.9 Å². The zero-order valence-electron chi connectivity index (χ0n) is 16.8. The van der Waals surface area contributed by atoms with Crippen LogP contribution >= 0.6 is 0 Å². The molecule has 1 saturated carbocycles. The van der Waals surface area contributed by atoms with E-state index in [0.717, 1.165) is 6.42 Å². The van der Waals surface area contributed by atoms with Crippen LogP contribution in [0, 0.1) is 5.92 Å². The van der Waals surface area contributed by atoms with E-state index in [9.17, 15) is 14.4 Å². The van der Waals surface area contributed by atoms with Gasteiger partial charge in [-0.05, 0) is 25.2 Å². The monoisotopic (exact) mass is 370 g/mol. The molecule has 1 rings (SSSR count). The summed E-state index contributed by atoms with van der Waals surface area (Å²) in [4.78, 5) is 35.8. The molecule has 0 aromatic rings. The van der Waals surface area contributed by atoms with Crippen molar-refractivity contribution in [3.63, 3.8) is 0 Å². The Bertz CT molecular complexity index is 489. The minimum Gasteiger partial charge on any atom is -0.462 e. The highest BCUT2D eigenvalue weighted by Crippen LogP contribution is 2.41. The molecule has 0 N–H and O–H groups in total. The lowest BCUT2D eigenvalue weighted by molar-refractivity contribution is -0.206. The molecule has 0 spiro atoms. The number of carbonyl (C=O) groups excluding carboxylic acids is 3. The Morgan fingerprint density at radius 2 is 1.54 bits per heavy atom. The van der Waals surface area contributed by atoms with Gasteiger partial charge in [0.15, 0.2) is 0 Å². The van der Waals surface area contributed by atoms with Crippen molar-refractivity contribution in [2.45, 2.75) is 104 Å². The normalized spacial score (nSPS) is 26.7. The second-order valence-electron chi connectivity index (χ2n) is 7.18. The molecule has 0 amide bonds. The average molecular weight is 370 g/mol. The highest BCUT2D eigenvalue weighted by atomic mass is 16.6. The quantitative estimate of drug-likeness (QED) is 0.452. The summed E-state index contributed by atoms with van der Waals surface area (Å²) in [5, 5.41) is 0. The molecule has 6 nitrogen and oxygen atoms in total. The number of ether oxygens (including phenoxy) is 3. The van der Waals surface area contributed by atoms with Gasteiger partial charge in [0, 0.05) is 25.7 Å². The third-order valence-electron chi connectivity index (χ3n) is 5.10. The smallest absolute Gasteiger partial charge is 0.306 e. The molecule has 4 unspecified atom stereocenters. The van der Waals surface area contributed by atoms with Crippen LogP contribution in [0.3, 0.4) is 0 Å². The number of carbonyl (C=O) groups is 3. The van der Waals surface area contributed by atoms with Crippen LogP contribution in [-0.4, -0.2) is 35.7 Å². The van der Waals surface area contributed by atoms with E-state index in [1.807, 2.05) is 0 Å². The van der Waals surface area contributed by atoms with Gasteiger partial charge in [0.2, 0.25) is 0 Å². The SMILES string of the molecule is CCC(=O)OC1CCC(CC(C)CC)(OC(=O)CC)C(OC(=O)CC)C1. The predicted octanol–water partition coefficient (Wildman–Crippen LogP) is 3.94. The van der Waals surface area contributed by atoms with Gasteiger partial charge in [-0.25, -0.2) is 0 Å². The maximum absolute atomic E-state index is 12.1. The van der Waals surface area contributed by atoms with Crippen molar-refractivity contribution >= 4 is 17.9 Å². The molecular weight excluding hydrogens is 336 g/mol. The fraction of sp³-hybridized carbons (Fsp3) is 0.850. The van der Waals surface area contributed by atoms with Crippen molar-refractivity contribution in [1.82, 2.24) is 0 Å². The molecule has 0 radical (unpaired) electrons. The summed E-state index contributed by atoms with van der Waals surface area (Å²) < 4.78 is 17.0. The van der Waals surface area contributed by atoms with E-state index in [4.69, 9.17) is 14.2 Å². The lowest BCUT2D eigenvalue weighted by Gasteiger charge is -2.45. The van der Waals surface area contributed by atoms with E-state index < -0.39 is 11.7 Å². The summed E-state index contributed by atoms with van der Waals surface area (Å²) in [5.41, 5.74) is -0.845. The van der Waals surface area contributed by atoms with Gasteiger partial charge < -0.3 is 14.2 Å². The molecule has 0 saturated heterocycles. The Labute approximate surface area is 156 Å². The average Bonchev–Trinajstić information content (AvgIpc) is 2.63. The van der Waals surface area contributed by atoms with Crippen LogP contribution < -0.4 is 0 Å². The number of esters is 3. The van der Waals surface area contributed by atoms with Gasteiger partial charge in [-0.1, -0.05) is 41.0 Å². The molecule has 0 aromatic heterocycles. The highest BCUT2D eigenvalue weighted by molar-refractivity contribution is 5.71. The molecule has 1 fully saturated rings. The van der Waals surface area contributed by atoms with Gasteiger partial charge in [0.25, 0.3) is 0 Å². The van der Waals surface area contributed by atoms with E-state index in [0.29, 0.717) is 38.0 Å². The molecule has 1 aliphatic rings. The van der Waals surface area contributed by atoms with Crippen molar-refractivity contribution in [2.24, 2.45) is 5.92 Å². The van der Waals surface area contributed by atoms with Crippen LogP contribution in [-0.2, 0) is 28.6 Å². The van der Waals surface area contributed by atoms with E-state index in [1.54, 1.807) is 20.8 Å². The zero-order chi connectivity index (χ0) is 19.7. The van der Waals surface area contributed by atoms with Gasteiger partial charge in [-0.3, -0.25) is 14.4 Å². The maximum Gasteiger partial charge on any atom is 0.306 e. The molecule has 4 atom stereocenters. The van der Waals surface area contributed by atoms with Crippen LogP contribution in [0.1, 0.15) is 86.0 Å². The summed E-state index contributed by atoms with van der Waals surface area (Å²) >= 11 is 0. The standard InChI is InChI=1S/C20H34O6/c1-6-14(5)13-20(26-19(23)9-4)11-10-15(24-17(21)7-2)12-16(20)25-18(22)8-3/h14-16H,6-13H2,1-5H3. The minimum atomic E-state index is -0.845. The molecule has 0 aromatic carbocycles. The van der Waals surface area contributed by atoms with Crippen LogP contribution in [0.5, 0.6) is 0 Å². The first-order valence-electron chi connectivity index (χ1n) is 9.90. The summed E-state index contributed by atoms with van der Waals surface area (Å²) in [6, 6.07) is 0. The van der Waals surface area contributed by atoms with Crippen LogP contribution in [0.25, 0.3) is 0 Å². The van der Waals surface area contributed by atoms with Crippen molar-refractivity contribution in [1.29, 1.82) is 0 Å². The van der Waals surface area contributed by atoms with Crippen molar-refractivity contribution in [3.05, 3.63) is 0 Å². The minimum absolute atomic E-state index is 0.247. The second-order valence-corrected chi connectivity index (χ2v) is 7.18. The summed E-state index contributed by atoms with van der Waals surface area (Å²) in [6.07, 6.45) is 2.96. The van der Waals surface area contributed by atoms with Gasteiger partial charge in [-0.15, -0.1) is 0 Å². The lowest BCUT2D eigenvalue weighted by Crippen LogP contribution is -2.54. The molecule has 0 bridgehead atoms. The summed E-state index contributed by atoms with van der Waals surface area (Å²) in [7, 11) is 0. The molecule has 0 heterocycles. The first kappa shape index (κ1) is 22.5. The van der Waals surface area contributed by atoms with Gasteiger partial charge >= 0.3 is 17.9 Å². The number of hydrogen-bond acceptors (Lipinski definition) is 6. The first-order chi connectivity index (χ1) is 12.3. The summed E-state index contributed by atoms with van der Waals surface area (Å²) in [6.45, 7) is 9.41. The van der Waals surface area contributed by atoms with Crippen LogP contribution in [0.4, 0.5) is 0 Å².